The molecule has 3 rings (SSSR count). The summed E-state index contributed by atoms with van der Waals surface area (Å²) in [5, 5.41) is 9.36. The van der Waals surface area contributed by atoms with Crippen molar-refractivity contribution in [3.63, 3.8) is 0 Å². The van der Waals surface area contributed by atoms with Crippen LogP contribution in [0.3, 0.4) is 0 Å². The van der Waals surface area contributed by atoms with Gasteiger partial charge >= 0.3 is 0 Å². The zero-order chi connectivity index (χ0) is 12.8. The standard InChI is InChI=1S/C12H12F2N2O2/c13-8-1-10-11(2-9(8)14)16(7-15-10)3-12(4-17)5-18-6-12/h1-2,7,17H,3-6H2. The van der Waals surface area contributed by atoms with Gasteiger partial charge in [0.05, 0.1) is 42.6 Å². The Morgan fingerprint density at radius 3 is 2.67 bits per heavy atom. The van der Waals surface area contributed by atoms with Gasteiger partial charge in [0.2, 0.25) is 0 Å². The van der Waals surface area contributed by atoms with Crippen LogP contribution in [0.5, 0.6) is 0 Å². The molecule has 1 aromatic carbocycles. The van der Waals surface area contributed by atoms with Crippen LogP contribution in [-0.4, -0.2) is 34.5 Å². The summed E-state index contributed by atoms with van der Waals surface area (Å²) in [7, 11) is 0. The second-order valence-corrected chi connectivity index (χ2v) is 4.78. The highest BCUT2D eigenvalue weighted by Gasteiger charge is 2.38. The van der Waals surface area contributed by atoms with Crippen LogP contribution in [0.25, 0.3) is 11.0 Å². The van der Waals surface area contributed by atoms with Crippen molar-refractivity contribution >= 4 is 11.0 Å². The first-order valence-electron chi connectivity index (χ1n) is 5.62. The molecule has 0 amide bonds. The number of nitrogens with zero attached hydrogens (tertiary/aromatic N) is 2. The molecule has 0 aliphatic carbocycles. The van der Waals surface area contributed by atoms with Gasteiger partial charge in [-0.05, 0) is 0 Å². The number of hydrogen-bond acceptors (Lipinski definition) is 3. The first-order chi connectivity index (χ1) is 8.63. The predicted molar refractivity (Wildman–Crippen MR) is 60.0 cm³/mol. The lowest BCUT2D eigenvalue weighted by Gasteiger charge is -2.40. The van der Waals surface area contributed by atoms with E-state index in [-0.39, 0.29) is 12.0 Å². The Morgan fingerprint density at radius 2 is 2.06 bits per heavy atom. The van der Waals surface area contributed by atoms with E-state index in [2.05, 4.69) is 4.98 Å². The first-order valence-corrected chi connectivity index (χ1v) is 5.62. The van der Waals surface area contributed by atoms with Crippen molar-refractivity contribution in [2.45, 2.75) is 6.54 Å². The van der Waals surface area contributed by atoms with Gasteiger partial charge in [0, 0.05) is 18.7 Å². The molecule has 1 N–H and O–H groups in total. The van der Waals surface area contributed by atoms with Gasteiger partial charge in [-0.3, -0.25) is 0 Å². The van der Waals surface area contributed by atoms with Gasteiger partial charge in [0.25, 0.3) is 0 Å². The van der Waals surface area contributed by atoms with Gasteiger partial charge in [-0.25, -0.2) is 13.8 Å². The fraction of sp³-hybridized carbons (Fsp3) is 0.417. The molecule has 0 bridgehead atoms. The van der Waals surface area contributed by atoms with Crippen molar-refractivity contribution in [2.75, 3.05) is 19.8 Å². The van der Waals surface area contributed by atoms with Crippen LogP contribution in [0.4, 0.5) is 8.78 Å². The van der Waals surface area contributed by atoms with Gasteiger partial charge in [-0.1, -0.05) is 0 Å². The highest BCUT2D eigenvalue weighted by Crippen LogP contribution is 2.30. The zero-order valence-corrected chi connectivity index (χ0v) is 9.57. The van der Waals surface area contributed by atoms with E-state index in [0.29, 0.717) is 30.8 Å². The van der Waals surface area contributed by atoms with Crippen molar-refractivity contribution in [3.05, 3.63) is 30.1 Å². The van der Waals surface area contributed by atoms with Crippen LogP contribution in [-0.2, 0) is 11.3 Å². The first kappa shape index (κ1) is 11.6. The van der Waals surface area contributed by atoms with Crippen LogP contribution in [0.1, 0.15) is 0 Å². The Kier molecular flexibility index (Phi) is 2.57. The fourth-order valence-electron chi connectivity index (χ4n) is 2.16. The molecule has 2 aromatic rings. The molecular weight excluding hydrogens is 242 g/mol. The Morgan fingerprint density at radius 1 is 1.33 bits per heavy atom. The summed E-state index contributed by atoms with van der Waals surface area (Å²) in [5.41, 5.74) is 0.592. The number of imidazole rings is 1. The third-order valence-corrected chi connectivity index (χ3v) is 3.32. The summed E-state index contributed by atoms with van der Waals surface area (Å²) in [6.45, 7) is 1.40. The quantitative estimate of drug-likeness (QED) is 0.898. The number of ether oxygens (including phenoxy) is 1. The molecular formula is C12H12F2N2O2. The maximum Gasteiger partial charge on any atom is 0.161 e. The topological polar surface area (TPSA) is 47.3 Å². The van der Waals surface area contributed by atoms with Crippen molar-refractivity contribution in [2.24, 2.45) is 5.41 Å². The molecule has 1 aliphatic rings. The highest BCUT2D eigenvalue weighted by molar-refractivity contribution is 5.75. The van der Waals surface area contributed by atoms with E-state index in [9.17, 15) is 13.9 Å². The van der Waals surface area contributed by atoms with Gasteiger partial charge in [0.15, 0.2) is 11.6 Å². The van der Waals surface area contributed by atoms with Gasteiger partial charge in [-0.15, -0.1) is 0 Å². The third kappa shape index (κ3) is 1.69. The van der Waals surface area contributed by atoms with E-state index in [1.165, 1.54) is 6.33 Å². The third-order valence-electron chi connectivity index (χ3n) is 3.32. The van der Waals surface area contributed by atoms with E-state index in [4.69, 9.17) is 4.74 Å². The van der Waals surface area contributed by atoms with E-state index in [0.717, 1.165) is 12.1 Å². The predicted octanol–water partition coefficient (Wildman–Crippen LogP) is 1.32. The largest absolute Gasteiger partial charge is 0.396 e. The molecule has 1 saturated heterocycles. The molecule has 0 saturated carbocycles. The molecule has 96 valence electrons. The fourth-order valence-corrected chi connectivity index (χ4v) is 2.16. The molecule has 2 heterocycles. The molecule has 0 spiro atoms. The number of rotatable bonds is 3. The highest BCUT2D eigenvalue weighted by atomic mass is 19.2. The van der Waals surface area contributed by atoms with Crippen molar-refractivity contribution < 1.29 is 18.6 Å². The second-order valence-electron chi connectivity index (χ2n) is 4.78. The number of benzene rings is 1. The van der Waals surface area contributed by atoms with E-state index in [1.807, 2.05) is 0 Å². The number of aliphatic hydroxyl groups is 1. The van der Waals surface area contributed by atoms with Gasteiger partial charge in [-0.2, -0.15) is 0 Å². The second kappa shape index (κ2) is 4.00. The summed E-state index contributed by atoms with van der Waals surface area (Å²) in [6, 6.07) is 2.20. The molecule has 0 radical (unpaired) electrons. The van der Waals surface area contributed by atoms with Crippen LogP contribution in [0.15, 0.2) is 18.5 Å². The lowest BCUT2D eigenvalue weighted by Crippen LogP contribution is -2.48. The molecule has 4 nitrogen and oxygen atoms in total. The minimum atomic E-state index is -0.906. The Bertz CT molecular complexity index is 588. The lowest BCUT2D eigenvalue weighted by molar-refractivity contribution is -0.144. The summed E-state index contributed by atoms with van der Waals surface area (Å²) >= 11 is 0. The maximum atomic E-state index is 13.2. The Labute approximate surface area is 102 Å². The van der Waals surface area contributed by atoms with Gasteiger partial charge in [0.1, 0.15) is 0 Å². The lowest BCUT2D eigenvalue weighted by atomic mass is 9.87. The smallest absolute Gasteiger partial charge is 0.161 e. The van der Waals surface area contributed by atoms with Crippen LogP contribution < -0.4 is 0 Å². The number of fused-ring (bicyclic) bond motifs is 1. The van der Waals surface area contributed by atoms with Crippen molar-refractivity contribution in [1.29, 1.82) is 0 Å². The number of hydrogen-bond donors (Lipinski definition) is 1. The van der Waals surface area contributed by atoms with Crippen LogP contribution in [0.2, 0.25) is 0 Å². The molecule has 0 atom stereocenters. The average Bonchev–Trinajstić information content (AvgIpc) is 2.67. The summed E-state index contributed by atoms with van der Waals surface area (Å²) in [5.74, 6) is -1.80. The monoisotopic (exact) mass is 254 g/mol. The number of aliphatic hydroxyl groups excluding tert-OH is 1. The van der Waals surface area contributed by atoms with Crippen LogP contribution >= 0.6 is 0 Å². The Hall–Kier alpha value is -1.53. The summed E-state index contributed by atoms with van der Waals surface area (Å²) in [6.07, 6.45) is 1.53. The summed E-state index contributed by atoms with van der Waals surface area (Å²) in [4.78, 5) is 4.03. The molecule has 18 heavy (non-hydrogen) atoms. The van der Waals surface area contributed by atoms with E-state index >= 15 is 0 Å². The minimum Gasteiger partial charge on any atom is -0.396 e. The SMILES string of the molecule is OCC1(Cn2cnc3cc(F)c(F)cc32)COC1. The number of aromatic nitrogens is 2. The zero-order valence-electron chi connectivity index (χ0n) is 9.57. The molecule has 1 fully saturated rings. The molecule has 0 unspecified atom stereocenters. The van der Waals surface area contributed by atoms with E-state index in [1.54, 1.807) is 4.57 Å². The molecule has 1 aromatic heterocycles. The van der Waals surface area contributed by atoms with Crippen molar-refractivity contribution in [1.82, 2.24) is 9.55 Å². The number of halogens is 2. The van der Waals surface area contributed by atoms with Gasteiger partial charge < -0.3 is 14.4 Å². The van der Waals surface area contributed by atoms with Crippen molar-refractivity contribution in [3.8, 4) is 0 Å². The van der Waals surface area contributed by atoms with E-state index < -0.39 is 11.6 Å². The average molecular weight is 254 g/mol. The summed E-state index contributed by atoms with van der Waals surface area (Å²) < 4.78 is 33.1. The Balaban J connectivity index is 2.00. The molecule has 6 heteroatoms. The molecule has 1 aliphatic heterocycles. The van der Waals surface area contributed by atoms with Crippen LogP contribution in [0, 0.1) is 17.0 Å². The normalized spacial score (nSPS) is 17.9. The minimum absolute atomic E-state index is 0.00362. The maximum absolute atomic E-state index is 13.2.